The normalized spacial score (nSPS) is 11.8. The molecular formula is C27H28N2O2SSi. The molecule has 1 aromatic heterocycles. The summed E-state index contributed by atoms with van der Waals surface area (Å²) >= 11 is 1.45. The lowest BCUT2D eigenvalue weighted by molar-refractivity contribution is 0.0959. The van der Waals surface area contributed by atoms with Crippen LogP contribution in [0.1, 0.15) is 31.3 Å². The molecule has 1 amide bonds. The Kier molecular flexibility index (Phi) is 6.49. The number of para-hydroxylation sites is 1. The summed E-state index contributed by atoms with van der Waals surface area (Å²) in [5.74, 6) is 0.590. The minimum Gasteiger partial charge on any atom is -0.533 e. The fourth-order valence-corrected chi connectivity index (χ4v) is 9.44. The smallest absolute Gasteiger partial charge is 0.319 e. The maximum absolute atomic E-state index is 12.1. The molecule has 0 atom stereocenters. The van der Waals surface area contributed by atoms with E-state index in [1.807, 2.05) is 36.4 Å². The third kappa shape index (κ3) is 4.36. The van der Waals surface area contributed by atoms with Gasteiger partial charge in [-0.2, -0.15) is 0 Å². The van der Waals surface area contributed by atoms with Crippen LogP contribution in [0.4, 0.5) is 0 Å². The number of hydrogen-bond acceptors (Lipinski definition) is 4. The highest BCUT2D eigenvalue weighted by Gasteiger charge is 2.52. The molecule has 1 heterocycles. The number of amides is 1. The Hall–Kier alpha value is -3.22. The fourth-order valence-electron chi connectivity index (χ4n) is 4.18. The molecule has 4 nitrogen and oxygen atoms in total. The minimum atomic E-state index is -2.78. The molecule has 168 valence electrons. The maximum Gasteiger partial charge on any atom is 0.319 e. The van der Waals surface area contributed by atoms with Crippen LogP contribution < -0.4 is 20.1 Å². The Balaban J connectivity index is 1.90. The van der Waals surface area contributed by atoms with Gasteiger partial charge in [-0.1, -0.05) is 93.6 Å². The summed E-state index contributed by atoms with van der Waals surface area (Å²) in [6, 6.07) is 29.1. The molecule has 1 N–H and O–H groups in total. The fraction of sp³-hybridized carbons (Fsp3) is 0.185. The predicted octanol–water partition coefficient (Wildman–Crippen LogP) is 5.11. The lowest BCUT2D eigenvalue weighted by Crippen LogP contribution is -2.68. The highest BCUT2D eigenvalue weighted by Crippen LogP contribution is 2.40. The molecule has 4 aromatic rings. The van der Waals surface area contributed by atoms with E-state index in [1.165, 1.54) is 21.7 Å². The van der Waals surface area contributed by atoms with Gasteiger partial charge in [0.1, 0.15) is 16.5 Å². The van der Waals surface area contributed by atoms with Crippen LogP contribution in [0, 0.1) is 0 Å². The van der Waals surface area contributed by atoms with Gasteiger partial charge in [0.15, 0.2) is 0 Å². The molecule has 0 aliphatic heterocycles. The topological polar surface area (TPSA) is 51.2 Å². The Bertz CT molecular complexity index is 1190. The van der Waals surface area contributed by atoms with Crippen molar-refractivity contribution in [1.29, 1.82) is 0 Å². The lowest BCUT2D eigenvalue weighted by atomic mass is 10.2. The zero-order valence-corrected chi connectivity index (χ0v) is 21.1. The summed E-state index contributed by atoms with van der Waals surface area (Å²) in [7, 11) is -1.17. The van der Waals surface area contributed by atoms with Crippen LogP contribution in [0.5, 0.6) is 5.75 Å². The molecule has 0 spiro atoms. The van der Waals surface area contributed by atoms with Crippen LogP contribution in [-0.4, -0.2) is 26.3 Å². The molecule has 0 bridgehead atoms. The molecule has 33 heavy (non-hydrogen) atoms. The first-order valence-electron chi connectivity index (χ1n) is 10.9. The molecule has 0 fully saturated rings. The second-order valence-electron chi connectivity index (χ2n) is 8.88. The summed E-state index contributed by atoms with van der Waals surface area (Å²) < 4.78 is 7.23. The van der Waals surface area contributed by atoms with Crippen molar-refractivity contribution in [2.75, 3.05) is 7.05 Å². The number of aromatic nitrogens is 1. The number of thiazole rings is 1. The van der Waals surface area contributed by atoms with E-state index in [9.17, 15) is 4.79 Å². The maximum atomic E-state index is 12.1. The summed E-state index contributed by atoms with van der Waals surface area (Å²) in [6.07, 6.45) is 0. The third-order valence-electron chi connectivity index (χ3n) is 5.76. The second kappa shape index (κ2) is 9.33. The van der Waals surface area contributed by atoms with Gasteiger partial charge in [0.2, 0.25) is 0 Å². The number of nitrogens with one attached hydrogen (secondary N) is 1. The monoisotopic (exact) mass is 472 g/mol. The molecule has 0 radical (unpaired) electrons. The van der Waals surface area contributed by atoms with Crippen molar-refractivity contribution in [1.82, 2.24) is 10.3 Å². The Morgan fingerprint density at radius 1 is 0.879 bits per heavy atom. The van der Waals surface area contributed by atoms with Crippen LogP contribution in [0.2, 0.25) is 5.04 Å². The van der Waals surface area contributed by atoms with Gasteiger partial charge in [-0.05, 0) is 27.5 Å². The molecule has 0 unspecified atom stereocenters. The lowest BCUT2D eigenvalue weighted by Gasteiger charge is -2.43. The molecule has 6 heteroatoms. The van der Waals surface area contributed by atoms with Gasteiger partial charge in [0.25, 0.3) is 5.91 Å². The van der Waals surface area contributed by atoms with Crippen molar-refractivity contribution in [2.45, 2.75) is 25.8 Å². The summed E-state index contributed by atoms with van der Waals surface area (Å²) in [5.41, 5.74) is 1.31. The summed E-state index contributed by atoms with van der Waals surface area (Å²) in [5, 5.41) is 7.46. The molecule has 0 aliphatic rings. The molecule has 0 aliphatic carbocycles. The van der Waals surface area contributed by atoms with Gasteiger partial charge in [0, 0.05) is 12.4 Å². The predicted molar refractivity (Wildman–Crippen MR) is 139 cm³/mol. The second-order valence-corrected chi connectivity index (χ2v) is 14.0. The molecular weight excluding hydrogens is 444 g/mol. The summed E-state index contributed by atoms with van der Waals surface area (Å²) in [4.78, 5) is 16.7. The third-order valence-corrected chi connectivity index (χ3v) is 11.6. The van der Waals surface area contributed by atoms with Gasteiger partial charge in [-0.25, -0.2) is 4.98 Å². The Morgan fingerprint density at radius 2 is 1.42 bits per heavy atom. The molecule has 4 rings (SSSR count). The highest BCUT2D eigenvalue weighted by atomic mass is 32.1. The van der Waals surface area contributed by atoms with Crippen LogP contribution in [-0.2, 0) is 0 Å². The zero-order chi connectivity index (χ0) is 23.5. The largest absolute Gasteiger partial charge is 0.533 e. The Labute approximate surface area is 200 Å². The van der Waals surface area contributed by atoms with Gasteiger partial charge in [0.05, 0.1) is 5.56 Å². The average Bonchev–Trinajstić information content (AvgIpc) is 3.33. The number of benzene rings is 3. The number of rotatable bonds is 6. The van der Waals surface area contributed by atoms with E-state index in [1.54, 1.807) is 12.4 Å². The first-order chi connectivity index (χ1) is 15.9. The van der Waals surface area contributed by atoms with Gasteiger partial charge in [-0.3, -0.25) is 4.79 Å². The van der Waals surface area contributed by atoms with Gasteiger partial charge >= 0.3 is 8.32 Å². The van der Waals surface area contributed by atoms with Crippen LogP contribution in [0.15, 0.2) is 90.3 Å². The molecule has 0 saturated heterocycles. The van der Waals surface area contributed by atoms with Gasteiger partial charge < -0.3 is 9.74 Å². The number of nitrogens with zero attached hydrogens (tertiary/aromatic N) is 1. The molecule has 0 saturated carbocycles. The van der Waals surface area contributed by atoms with Gasteiger partial charge in [-0.15, -0.1) is 11.3 Å². The van der Waals surface area contributed by atoms with E-state index >= 15 is 0 Å². The summed E-state index contributed by atoms with van der Waals surface area (Å²) in [6.45, 7) is 6.78. The van der Waals surface area contributed by atoms with Crippen molar-refractivity contribution >= 4 is 35.9 Å². The first-order valence-corrected chi connectivity index (χ1v) is 13.7. The first kappa shape index (κ1) is 23.0. The van der Waals surface area contributed by atoms with Crippen LogP contribution >= 0.6 is 11.3 Å². The minimum absolute atomic E-state index is 0.154. The molecule has 3 aromatic carbocycles. The number of hydrogen-bond donors (Lipinski definition) is 1. The number of carbonyl (C=O) groups excluding carboxylic acids is 1. The zero-order valence-electron chi connectivity index (χ0n) is 19.3. The van der Waals surface area contributed by atoms with Crippen LogP contribution in [0.25, 0.3) is 10.6 Å². The van der Waals surface area contributed by atoms with E-state index in [0.29, 0.717) is 5.69 Å². The van der Waals surface area contributed by atoms with Crippen molar-refractivity contribution in [3.63, 3.8) is 0 Å². The van der Waals surface area contributed by atoms with E-state index in [-0.39, 0.29) is 10.9 Å². The standard InChI is InChI=1S/C27H28N2O2SSi/c1-27(2,3)33(20-13-7-5-8-14-20,21-15-9-6-10-16-21)31-24-18-12-11-17-22(24)26-29-23(19-32-26)25(30)28-4/h5-19H,1-4H3,(H,28,30). The van der Waals surface area contributed by atoms with Crippen molar-refractivity contribution in [3.05, 3.63) is 96.0 Å². The van der Waals surface area contributed by atoms with Crippen molar-refractivity contribution in [3.8, 4) is 16.3 Å². The van der Waals surface area contributed by atoms with E-state index in [0.717, 1.165) is 16.3 Å². The highest BCUT2D eigenvalue weighted by molar-refractivity contribution is 7.13. The Morgan fingerprint density at radius 3 is 1.97 bits per heavy atom. The van der Waals surface area contributed by atoms with E-state index in [4.69, 9.17) is 4.43 Å². The van der Waals surface area contributed by atoms with Crippen molar-refractivity contribution < 1.29 is 9.22 Å². The van der Waals surface area contributed by atoms with E-state index < -0.39 is 8.32 Å². The quantitative estimate of drug-likeness (QED) is 0.397. The average molecular weight is 473 g/mol. The van der Waals surface area contributed by atoms with Crippen molar-refractivity contribution in [2.24, 2.45) is 0 Å². The van der Waals surface area contributed by atoms with E-state index in [2.05, 4.69) is 79.6 Å². The SMILES string of the molecule is CNC(=O)c1csc(-c2ccccc2O[Si](c2ccccc2)(c2ccccc2)C(C)(C)C)n1. The number of carbonyl (C=O) groups is 1. The van der Waals surface area contributed by atoms with Crippen LogP contribution in [0.3, 0.4) is 0 Å².